The monoisotopic (exact) mass is 286 g/mol. The summed E-state index contributed by atoms with van der Waals surface area (Å²) in [4.78, 5) is 2.62. The summed E-state index contributed by atoms with van der Waals surface area (Å²) >= 11 is 1.79. The molecule has 1 N–H and O–H groups in total. The average Bonchev–Trinajstić information content (AvgIpc) is 2.85. The molecule has 0 aliphatic carbocycles. The van der Waals surface area contributed by atoms with Crippen LogP contribution in [0.4, 0.5) is 0 Å². The third-order valence-electron chi connectivity index (χ3n) is 3.99. The maximum absolute atomic E-state index is 3.50. The number of hydrogen-bond donors (Lipinski definition) is 1. The van der Waals surface area contributed by atoms with Gasteiger partial charge in [0.25, 0.3) is 0 Å². The standard InChI is InChI=1S/C17H22N2S/c1-14-3-5-15(6-4-14)17(16-7-12-20-13-16)19-10-2-8-18-9-11-19/h3-7,12-13,17-18H,2,8-11H2,1H3. The van der Waals surface area contributed by atoms with Gasteiger partial charge in [-0.1, -0.05) is 29.8 Å². The molecular weight excluding hydrogens is 264 g/mol. The van der Waals surface area contributed by atoms with E-state index in [1.807, 2.05) is 0 Å². The quantitative estimate of drug-likeness (QED) is 0.930. The molecule has 1 aliphatic heterocycles. The van der Waals surface area contributed by atoms with Crippen molar-refractivity contribution in [1.82, 2.24) is 10.2 Å². The molecule has 2 nitrogen and oxygen atoms in total. The Kier molecular flexibility index (Phi) is 4.51. The Morgan fingerprint density at radius 1 is 1.05 bits per heavy atom. The van der Waals surface area contributed by atoms with Gasteiger partial charge < -0.3 is 5.32 Å². The van der Waals surface area contributed by atoms with Crippen molar-refractivity contribution in [3.63, 3.8) is 0 Å². The van der Waals surface area contributed by atoms with E-state index in [9.17, 15) is 0 Å². The predicted molar refractivity (Wildman–Crippen MR) is 86.4 cm³/mol. The fourth-order valence-corrected chi connectivity index (χ4v) is 3.60. The highest BCUT2D eigenvalue weighted by Crippen LogP contribution is 2.30. The van der Waals surface area contributed by atoms with Gasteiger partial charge in [-0.15, -0.1) is 0 Å². The van der Waals surface area contributed by atoms with Crippen molar-refractivity contribution in [2.24, 2.45) is 0 Å². The van der Waals surface area contributed by atoms with Crippen molar-refractivity contribution in [3.05, 3.63) is 57.8 Å². The summed E-state index contributed by atoms with van der Waals surface area (Å²) in [5.74, 6) is 0. The van der Waals surface area contributed by atoms with Gasteiger partial charge in [0.1, 0.15) is 0 Å². The van der Waals surface area contributed by atoms with Crippen LogP contribution in [0.3, 0.4) is 0 Å². The van der Waals surface area contributed by atoms with Crippen LogP contribution in [0.25, 0.3) is 0 Å². The van der Waals surface area contributed by atoms with Gasteiger partial charge in [0, 0.05) is 19.6 Å². The van der Waals surface area contributed by atoms with Crippen LogP contribution in [-0.4, -0.2) is 31.1 Å². The summed E-state index contributed by atoms with van der Waals surface area (Å²) in [5, 5.41) is 7.98. The first kappa shape index (κ1) is 13.8. The van der Waals surface area contributed by atoms with E-state index >= 15 is 0 Å². The zero-order valence-corrected chi connectivity index (χ0v) is 12.8. The Morgan fingerprint density at radius 2 is 1.90 bits per heavy atom. The van der Waals surface area contributed by atoms with Crippen LogP contribution in [0.2, 0.25) is 0 Å². The molecule has 1 aromatic heterocycles. The summed E-state index contributed by atoms with van der Waals surface area (Å²) in [6.07, 6.45) is 1.23. The third kappa shape index (κ3) is 3.11. The molecule has 2 aromatic rings. The highest BCUT2D eigenvalue weighted by atomic mass is 32.1. The Labute approximate surface area is 125 Å². The molecule has 0 saturated carbocycles. The number of benzene rings is 1. The Balaban J connectivity index is 1.93. The summed E-state index contributed by atoms with van der Waals surface area (Å²) < 4.78 is 0. The van der Waals surface area contributed by atoms with Gasteiger partial charge in [-0.25, -0.2) is 0 Å². The van der Waals surface area contributed by atoms with Gasteiger partial charge in [0.15, 0.2) is 0 Å². The van der Waals surface area contributed by atoms with Crippen LogP contribution in [0.1, 0.15) is 29.2 Å². The summed E-state index contributed by atoms with van der Waals surface area (Å²) in [5.41, 5.74) is 4.17. The van der Waals surface area contributed by atoms with Crippen LogP contribution in [-0.2, 0) is 0 Å². The molecule has 1 atom stereocenters. The fourth-order valence-electron chi connectivity index (χ4n) is 2.92. The zero-order chi connectivity index (χ0) is 13.8. The van der Waals surface area contributed by atoms with Crippen LogP contribution in [0.5, 0.6) is 0 Å². The lowest BCUT2D eigenvalue weighted by Crippen LogP contribution is -2.32. The molecule has 0 amide bonds. The Morgan fingerprint density at radius 3 is 2.65 bits per heavy atom. The van der Waals surface area contributed by atoms with Crippen LogP contribution in [0, 0.1) is 6.92 Å². The minimum absolute atomic E-state index is 0.404. The molecule has 0 spiro atoms. The maximum atomic E-state index is 3.50. The summed E-state index contributed by atoms with van der Waals surface area (Å²) in [7, 11) is 0. The number of rotatable bonds is 3. The van der Waals surface area contributed by atoms with Gasteiger partial charge in [-0.2, -0.15) is 11.3 Å². The molecule has 20 heavy (non-hydrogen) atoms. The zero-order valence-electron chi connectivity index (χ0n) is 12.0. The normalized spacial score (nSPS) is 18.6. The fraction of sp³-hybridized carbons (Fsp3) is 0.412. The first-order chi connectivity index (χ1) is 9.84. The van der Waals surface area contributed by atoms with Gasteiger partial charge in [0.2, 0.25) is 0 Å². The van der Waals surface area contributed by atoms with Crippen LogP contribution < -0.4 is 5.32 Å². The molecule has 3 rings (SSSR count). The van der Waals surface area contributed by atoms with E-state index in [0.29, 0.717) is 6.04 Å². The first-order valence-electron chi connectivity index (χ1n) is 7.38. The van der Waals surface area contributed by atoms with Crippen molar-refractivity contribution >= 4 is 11.3 Å². The highest BCUT2D eigenvalue weighted by Gasteiger charge is 2.23. The second-order valence-electron chi connectivity index (χ2n) is 5.51. The molecule has 0 radical (unpaired) electrons. The smallest absolute Gasteiger partial charge is 0.0610 e. The van der Waals surface area contributed by atoms with E-state index in [1.54, 1.807) is 11.3 Å². The van der Waals surface area contributed by atoms with Crippen molar-refractivity contribution in [3.8, 4) is 0 Å². The molecule has 106 valence electrons. The van der Waals surface area contributed by atoms with E-state index in [4.69, 9.17) is 0 Å². The largest absolute Gasteiger partial charge is 0.315 e. The second-order valence-corrected chi connectivity index (χ2v) is 6.29. The number of hydrogen-bond acceptors (Lipinski definition) is 3. The topological polar surface area (TPSA) is 15.3 Å². The van der Waals surface area contributed by atoms with E-state index in [2.05, 4.69) is 58.2 Å². The number of aryl methyl sites for hydroxylation is 1. The molecule has 1 fully saturated rings. The molecule has 1 saturated heterocycles. The first-order valence-corrected chi connectivity index (χ1v) is 8.32. The van der Waals surface area contributed by atoms with Crippen molar-refractivity contribution < 1.29 is 0 Å². The van der Waals surface area contributed by atoms with Crippen molar-refractivity contribution in [2.75, 3.05) is 26.2 Å². The van der Waals surface area contributed by atoms with Gasteiger partial charge >= 0.3 is 0 Å². The maximum Gasteiger partial charge on any atom is 0.0610 e. The third-order valence-corrected chi connectivity index (χ3v) is 4.69. The Bertz CT molecular complexity index is 510. The lowest BCUT2D eigenvalue weighted by atomic mass is 9.98. The number of thiophene rings is 1. The van der Waals surface area contributed by atoms with Crippen LogP contribution in [0.15, 0.2) is 41.1 Å². The van der Waals surface area contributed by atoms with E-state index in [1.165, 1.54) is 29.7 Å². The summed E-state index contributed by atoms with van der Waals surface area (Å²) in [6.45, 7) is 6.67. The van der Waals surface area contributed by atoms with E-state index < -0.39 is 0 Å². The highest BCUT2D eigenvalue weighted by molar-refractivity contribution is 7.08. The molecule has 0 bridgehead atoms. The molecule has 3 heteroatoms. The predicted octanol–water partition coefficient (Wildman–Crippen LogP) is 3.44. The van der Waals surface area contributed by atoms with E-state index in [0.717, 1.165) is 19.6 Å². The van der Waals surface area contributed by atoms with Gasteiger partial charge in [-0.3, -0.25) is 4.90 Å². The average molecular weight is 286 g/mol. The lowest BCUT2D eigenvalue weighted by molar-refractivity contribution is 0.241. The molecular formula is C17H22N2S. The van der Waals surface area contributed by atoms with E-state index in [-0.39, 0.29) is 0 Å². The minimum Gasteiger partial charge on any atom is -0.315 e. The SMILES string of the molecule is Cc1ccc(C(c2ccsc2)N2CCCNCC2)cc1. The Hall–Kier alpha value is -1.16. The van der Waals surface area contributed by atoms with Crippen molar-refractivity contribution in [2.45, 2.75) is 19.4 Å². The molecule has 2 heterocycles. The van der Waals surface area contributed by atoms with Gasteiger partial charge in [-0.05, 0) is 47.8 Å². The van der Waals surface area contributed by atoms with Crippen LogP contribution >= 0.6 is 11.3 Å². The minimum atomic E-state index is 0.404. The summed E-state index contributed by atoms with van der Waals surface area (Å²) in [6, 6.07) is 11.7. The molecule has 1 aliphatic rings. The van der Waals surface area contributed by atoms with Gasteiger partial charge in [0.05, 0.1) is 6.04 Å². The second kappa shape index (κ2) is 6.53. The molecule has 1 unspecified atom stereocenters. The number of nitrogens with zero attached hydrogens (tertiary/aromatic N) is 1. The lowest BCUT2D eigenvalue weighted by Gasteiger charge is -2.30. The molecule has 1 aromatic carbocycles. The number of nitrogens with one attached hydrogen (secondary N) is 1. The van der Waals surface area contributed by atoms with Crippen molar-refractivity contribution in [1.29, 1.82) is 0 Å².